The molecule has 2 aromatic heterocycles. The SMILES string of the molecule is O=C1CCCCCc2ccc[n+](c2)-[n+]2n[nH]cc2C1. The first kappa shape index (κ1) is 12.0. The van der Waals surface area contributed by atoms with Crippen LogP contribution in [0.3, 0.4) is 0 Å². The monoisotopic (exact) mass is 258 g/mol. The van der Waals surface area contributed by atoms with Crippen LogP contribution in [0.2, 0.25) is 0 Å². The summed E-state index contributed by atoms with van der Waals surface area (Å²) in [7, 11) is 0. The number of nitrogens with zero attached hydrogens (tertiary/aromatic N) is 3. The van der Waals surface area contributed by atoms with Crippen molar-refractivity contribution >= 4 is 5.78 Å². The smallest absolute Gasteiger partial charge is 0.299 e. The predicted molar refractivity (Wildman–Crippen MR) is 67.1 cm³/mol. The van der Waals surface area contributed by atoms with Gasteiger partial charge in [0.2, 0.25) is 0 Å². The fourth-order valence-electron chi connectivity index (χ4n) is 2.50. The van der Waals surface area contributed by atoms with E-state index in [0.29, 0.717) is 12.8 Å². The number of nitrogens with one attached hydrogen (secondary N) is 1. The average Bonchev–Trinajstić information content (AvgIpc) is 2.86. The lowest BCUT2D eigenvalue weighted by molar-refractivity contribution is -1.32. The first-order valence-electron chi connectivity index (χ1n) is 6.80. The number of aryl methyl sites for hydroxylation is 1. The Bertz CT molecular complexity index is 591. The molecule has 0 amide bonds. The zero-order chi connectivity index (χ0) is 13.1. The maximum Gasteiger partial charge on any atom is 0.334 e. The Balaban J connectivity index is 2.01. The Hall–Kier alpha value is -2.04. The summed E-state index contributed by atoms with van der Waals surface area (Å²) in [5.74, 6) is 0.285. The Morgan fingerprint density at radius 1 is 1.21 bits per heavy atom. The van der Waals surface area contributed by atoms with Crippen LogP contribution in [0.1, 0.15) is 36.9 Å². The number of hydrogen-bond acceptors (Lipinski definition) is 2. The van der Waals surface area contributed by atoms with Crippen LogP contribution >= 0.6 is 0 Å². The topological polar surface area (TPSA) is 53.5 Å². The summed E-state index contributed by atoms with van der Waals surface area (Å²) in [6.07, 6.45) is 11.2. The first-order valence-corrected chi connectivity index (χ1v) is 6.80. The van der Waals surface area contributed by atoms with Gasteiger partial charge in [-0.25, -0.2) is 0 Å². The summed E-state index contributed by atoms with van der Waals surface area (Å²) in [4.78, 5) is 13.7. The van der Waals surface area contributed by atoms with E-state index in [2.05, 4.69) is 22.6 Å². The summed E-state index contributed by atoms with van der Waals surface area (Å²) in [6.45, 7) is 0. The van der Waals surface area contributed by atoms with Gasteiger partial charge in [0.1, 0.15) is 23.0 Å². The van der Waals surface area contributed by atoms with Crippen LogP contribution in [-0.4, -0.2) is 16.1 Å². The number of rotatable bonds is 0. The third-order valence-electron chi connectivity index (χ3n) is 3.51. The van der Waals surface area contributed by atoms with Gasteiger partial charge in [-0.3, -0.25) is 4.79 Å². The number of carbonyl (C=O) groups excluding carboxylic acids is 1. The van der Waals surface area contributed by atoms with Crippen LogP contribution in [0.4, 0.5) is 0 Å². The minimum Gasteiger partial charge on any atom is -0.299 e. The van der Waals surface area contributed by atoms with Gasteiger partial charge in [-0.05, 0) is 30.9 Å². The van der Waals surface area contributed by atoms with Gasteiger partial charge in [-0.1, -0.05) is 22.3 Å². The highest BCUT2D eigenvalue weighted by atomic mass is 16.1. The zero-order valence-electron chi connectivity index (χ0n) is 10.9. The lowest BCUT2D eigenvalue weighted by Crippen LogP contribution is -2.69. The molecule has 1 N–H and O–H groups in total. The highest BCUT2D eigenvalue weighted by molar-refractivity contribution is 5.80. The molecule has 2 bridgehead atoms. The van der Waals surface area contributed by atoms with E-state index in [0.717, 1.165) is 31.4 Å². The van der Waals surface area contributed by atoms with Gasteiger partial charge in [-0.15, -0.1) is 0 Å². The number of Topliss-reactive ketones (excluding diaryl/α,β-unsaturated/α-hetero) is 1. The number of H-pyrrole nitrogens is 1. The minimum absolute atomic E-state index is 0.285. The highest BCUT2D eigenvalue weighted by Gasteiger charge is 2.24. The molecule has 1 aliphatic heterocycles. The van der Waals surface area contributed by atoms with Gasteiger partial charge in [0, 0.05) is 6.42 Å². The molecule has 0 aromatic carbocycles. The molecule has 0 fully saturated rings. The van der Waals surface area contributed by atoms with Crippen molar-refractivity contribution < 1.29 is 14.3 Å². The maximum atomic E-state index is 11.9. The number of pyridine rings is 1. The summed E-state index contributed by atoms with van der Waals surface area (Å²) >= 11 is 0. The number of fused-ring (bicyclic) bond motifs is 4. The van der Waals surface area contributed by atoms with E-state index in [9.17, 15) is 4.79 Å². The third-order valence-corrected chi connectivity index (χ3v) is 3.51. The van der Waals surface area contributed by atoms with Crippen molar-refractivity contribution in [3.63, 3.8) is 0 Å². The highest BCUT2D eigenvalue weighted by Crippen LogP contribution is 2.08. The molecule has 3 rings (SSSR count). The third kappa shape index (κ3) is 2.70. The Labute approximate surface area is 111 Å². The molecule has 2 aromatic rings. The standard InChI is InChI=1S/C14H18N4O/c19-14-7-3-1-2-5-12-6-4-8-17(11-12)18-13(9-14)10-15-16-18/h4,6,8,10-11H,1-3,5,7,9H2,(H,15,16)/q+2. The molecule has 0 radical (unpaired) electrons. The van der Waals surface area contributed by atoms with Crippen molar-refractivity contribution in [2.24, 2.45) is 0 Å². The van der Waals surface area contributed by atoms with E-state index in [1.165, 1.54) is 5.56 Å². The fourth-order valence-corrected chi connectivity index (χ4v) is 2.50. The molecule has 0 saturated carbocycles. The fraction of sp³-hybridized carbons (Fsp3) is 0.429. The number of hydrogen-bond donors (Lipinski definition) is 1. The molecule has 0 spiro atoms. The van der Waals surface area contributed by atoms with Crippen molar-refractivity contribution in [2.45, 2.75) is 38.5 Å². The second-order valence-electron chi connectivity index (χ2n) is 5.02. The van der Waals surface area contributed by atoms with Crippen LogP contribution in [0.15, 0.2) is 30.7 Å². The zero-order valence-corrected chi connectivity index (χ0v) is 10.9. The second-order valence-corrected chi connectivity index (χ2v) is 5.02. The van der Waals surface area contributed by atoms with Gasteiger partial charge >= 0.3 is 5.21 Å². The molecule has 0 atom stereocenters. The molecule has 19 heavy (non-hydrogen) atoms. The van der Waals surface area contributed by atoms with Crippen LogP contribution < -0.4 is 9.47 Å². The van der Waals surface area contributed by atoms with Crippen LogP contribution in [-0.2, 0) is 17.6 Å². The molecule has 0 unspecified atom stereocenters. The van der Waals surface area contributed by atoms with Gasteiger partial charge in [-0.2, -0.15) is 0 Å². The molecular formula is C14H18N4O+2. The van der Waals surface area contributed by atoms with Crippen molar-refractivity contribution in [3.05, 3.63) is 42.0 Å². The Kier molecular flexibility index (Phi) is 3.35. The van der Waals surface area contributed by atoms with Crippen molar-refractivity contribution in [2.75, 3.05) is 0 Å². The Morgan fingerprint density at radius 3 is 3.05 bits per heavy atom. The lowest BCUT2D eigenvalue weighted by atomic mass is 10.0. The van der Waals surface area contributed by atoms with Crippen LogP contribution in [0.5, 0.6) is 0 Å². The van der Waals surface area contributed by atoms with E-state index in [1.807, 2.05) is 16.9 Å². The quantitative estimate of drug-likeness (QED) is 0.701. The second kappa shape index (κ2) is 5.30. The van der Waals surface area contributed by atoms with E-state index in [-0.39, 0.29) is 5.78 Å². The van der Waals surface area contributed by atoms with Crippen LogP contribution in [0.25, 0.3) is 0 Å². The summed E-state index contributed by atoms with van der Waals surface area (Å²) < 4.78 is 1.93. The average molecular weight is 258 g/mol. The number of ketones is 1. The summed E-state index contributed by atoms with van der Waals surface area (Å²) in [5, 5.41) is 7.03. The molecular weight excluding hydrogens is 240 g/mol. The van der Waals surface area contributed by atoms with Gasteiger partial charge in [0.15, 0.2) is 6.20 Å². The van der Waals surface area contributed by atoms with E-state index < -0.39 is 0 Å². The number of aromatic amines is 1. The van der Waals surface area contributed by atoms with Crippen molar-refractivity contribution in [1.29, 1.82) is 0 Å². The normalized spacial score (nSPS) is 16.3. The Morgan fingerprint density at radius 2 is 2.11 bits per heavy atom. The molecule has 3 heterocycles. The molecule has 0 saturated heterocycles. The summed E-state index contributed by atoms with van der Waals surface area (Å²) in [6, 6.07) is 4.16. The molecule has 1 aliphatic rings. The molecule has 98 valence electrons. The first-order chi connectivity index (χ1) is 9.33. The number of aromatic nitrogens is 4. The van der Waals surface area contributed by atoms with Gasteiger partial charge in [0.05, 0.1) is 6.42 Å². The summed E-state index contributed by atoms with van der Waals surface area (Å²) in [5.41, 5.74) is 2.20. The predicted octanol–water partition coefficient (Wildman–Crippen LogP) is 0.524. The maximum absolute atomic E-state index is 11.9. The molecule has 0 aliphatic carbocycles. The van der Waals surface area contributed by atoms with E-state index >= 15 is 0 Å². The molecule has 5 heteroatoms. The number of carbonyl (C=O) groups is 1. The van der Waals surface area contributed by atoms with E-state index in [1.54, 1.807) is 11.0 Å². The van der Waals surface area contributed by atoms with Crippen LogP contribution in [0, 0.1) is 0 Å². The minimum atomic E-state index is 0.285. The van der Waals surface area contributed by atoms with E-state index in [4.69, 9.17) is 0 Å². The largest absolute Gasteiger partial charge is 0.334 e. The van der Waals surface area contributed by atoms with Gasteiger partial charge in [0.25, 0.3) is 5.69 Å². The van der Waals surface area contributed by atoms with Crippen molar-refractivity contribution in [1.82, 2.24) is 10.3 Å². The van der Waals surface area contributed by atoms with Crippen molar-refractivity contribution in [3.8, 4) is 0 Å². The van der Waals surface area contributed by atoms with Gasteiger partial charge < -0.3 is 0 Å². The lowest BCUT2D eigenvalue weighted by Gasteiger charge is -2.03. The molecule has 5 nitrogen and oxygen atoms in total.